The Labute approximate surface area is 136 Å². The normalized spacial score (nSPS) is 28.7. The SMILES string of the molecule is CC(C)CC(CNC1CCCCC1C1CCCCC1)C(=O)O. The number of hydrogen-bond acceptors (Lipinski definition) is 2. The van der Waals surface area contributed by atoms with Gasteiger partial charge in [-0.25, -0.2) is 0 Å². The molecule has 2 fully saturated rings. The molecule has 2 rings (SSSR count). The van der Waals surface area contributed by atoms with E-state index >= 15 is 0 Å². The van der Waals surface area contributed by atoms with E-state index in [1.54, 1.807) is 0 Å². The molecule has 2 aliphatic rings. The monoisotopic (exact) mass is 309 g/mol. The van der Waals surface area contributed by atoms with Crippen molar-refractivity contribution in [1.82, 2.24) is 5.32 Å². The highest BCUT2D eigenvalue weighted by Crippen LogP contribution is 2.38. The Bertz CT molecular complexity index is 336. The average Bonchev–Trinajstić information content (AvgIpc) is 2.52. The van der Waals surface area contributed by atoms with Gasteiger partial charge in [0, 0.05) is 12.6 Å². The van der Waals surface area contributed by atoms with Crippen LogP contribution in [0.15, 0.2) is 0 Å². The zero-order valence-electron chi connectivity index (χ0n) is 14.5. The molecule has 3 nitrogen and oxygen atoms in total. The minimum absolute atomic E-state index is 0.228. The van der Waals surface area contributed by atoms with Crippen LogP contribution in [0.3, 0.4) is 0 Å². The molecule has 0 radical (unpaired) electrons. The summed E-state index contributed by atoms with van der Waals surface area (Å²) in [4.78, 5) is 11.5. The van der Waals surface area contributed by atoms with Crippen LogP contribution in [-0.4, -0.2) is 23.7 Å². The highest BCUT2D eigenvalue weighted by molar-refractivity contribution is 5.70. The molecule has 3 atom stereocenters. The summed E-state index contributed by atoms with van der Waals surface area (Å²) in [6, 6.07) is 0.561. The molecule has 0 bridgehead atoms. The predicted molar refractivity (Wildman–Crippen MR) is 90.9 cm³/mol. The summed E-state index contributed by atoms with van der Waals surface area (Å²) in [5.74, 6) is 1.27. The maximum Gasteiger partial charge on any atom is 0.307 e. The topological polar surface area (TPSA) is 49.3 Å². The Hall–Kier alpha value is -0.570. The van der Waals surface area contributed by atoms with Crippen LogP contribution < -0.4 is 5.32 Å². The number of hydrogen-bond donors (Lipinski definition) is 2. The van der Waals surface area contributed by atoms with Gasteiger partial charge in [0.05, 0.1) is 5.92 Å². The molecule has 22 heavy (non-hydrogen) atoms. The molecule has 0 aromatic carbocycles. The van der Waals surface area contributed by atoms with Crippen molar-refractivity contribution >= 4 is 5.97 Å². The molecule has 0 aromatic rings. The van der Waals surface area contributed by atoms with Gasteiger partial charge in [-0.05, 0) is 37.0 Å². The van der Waals surface area contributed by atoms with Crippen molar-refractivity contribution in [2.45, 2.75) is 84.1 Å². The summed E-state index contributed by atoms with van der Waals surface area (Å²) < 4.78 is 0. The second-order valence-electron chi connectivity index (χ2n) is 8.03. The zero-order valence-corrected chi connectivity index (χ0v) is 14.5. The fourth-order valence-corrected chi connectivity index (χ4v) is 4.67. The summed E-state index contributed by atoms with van der Waals surface area (Å²) in [7, 11) is 0. The maximum atomic E-state index is 11.5. The second kappa shape index (κ2) is 8.90. The molecular formula is C19H35NO2. The van der Waals surface area contributed by atoms with E-state index < -0.39 is 5.97 Å². The fourth-order valence-electron chi connectivity index (χ4n) is 4.67. The Morgan fingerprint density at radius 3 is 2.32 bits per heavy atom. The lowest BCUT2D eigenvalue weighted by Crippen LogP contribution is -2.45. The van der Waals surface area contributed by atoms with Gasteiger partial charge < -0.3 is 10.4 Å². The molecule has 0 saturated heterocycles. The number of carboxylic acid groups (broad SMARTS) is 1. The van der Waals surface area contributed by atoms with Crippen LogP contribution in [0.2, 0.25) is 0 Å². The van der Waals surface area contributed by atoms with E-state index in [1.165, 1.54) is 57.8 Å². The van der Waals surface area contributed by atoms with Crippen molar-refractivity contribution in [3.63, 3.8) is 0 Å². The minimum atomic E-state index is -0.633. The van der Waals surface area contributed by atoms with Crippen molar-refractivity contribution in [1.29, 1.82) is 0 Å². The van der Waals surface area contributed by atoms with Crippen molar-refractivity contribution in [2.24, 2.45) is 23.7 Å². The molecule has 3 unspecified atom stereocenters. The third kappa shape index (κ3) is 5.26. The lowest BCUT2D eigenvalue weighted by Gasteiger charge is -2.40. The van der Waals surface area contributed by atoms with Crippen LogP contribution in [-0.2, 0) is 4.79 Å². The van der Waals surface area contributed by atoms with Gasteiger partial charge >= 0.3 is 5.97 Å². The van der Waals surface area contributed by atoms with E-state index in [-0.39, 0.29) is 5.92 Å². The van der Waals surface area contributed by atoms with Crippen LogP contribution in [0.1, 0.15) is 78.1 Å². The van der Waals surface area contributed by atoms with Crippen molar-refractivity contribution in [3.8, 4) is 0 Å². The van der Waals surface area contributed by atoms with Crippen molar-refractivity contribution in [2.75, 3.05) is 6.54 Å². The van der Waals surface area contributed by atoms with Crippen LogP contribution in [0.25, 0.3) is 0 Å². The average molecular weight is 309 g/mol. The van der Waals surface area contributed by atoms with Gasteiger partial charge in [0.25, 0.3) is 0 Å². The maximum absolute atomic E-state index is 11.5. The van der Waals surface area contributed by atoms with E-state index in [2.05, 4.69) is 19.2 Å². The third-order valence-corrected chi connectivity index (χ3v) is 5.81. The van der Waals surface area contributed by atoms with E-state index in [0.29, 0.717) is 18.5 Å². The molecule has 2 saturated carbocycles. The molecule has 0 amide bonds. The quantitative estimate of drug-likeness (QED) is 0.730. The van der Waals surface area contributed by atoms with Crippen LogP contribution >= 0.6 is 0 Å². The van der Waals surface area contributed by atoms with Gasteiger partial charge in [0.15, 0.2) is 0 Å². The van der Waals surface area contributed by atoms with Crippen LogP contribution in [0.4, 0.5) is 0 Å². The first kappa shape index (κ1) is 17.8. The summed E-state index contributed by atoms with van der Waals surface area (Å²) in [6.07, 6.45) is 13.1. The van der Waals surface area contributed by atoms with E-state index in [1.807, 2.05) is 0 Å². The standard InChI is InChI=1S/C19H35NO2/c1-14(2)12-16(19(21)22)13-20-18-11-7-6-10-17(18)15-8-4-3-5-9-15/h14-18,20H,3-13H2,1-2H3,(H,21,22). The Balaban J connectivity index is 1.88. The van der Waals surface area contributed by atoms with Gasteiger partial charge in [0.2, 0.25) is 0 Å². The first-order valence-corrected chi connectivity index (χ1v) is 9.54. The molecular weight excluding hydrogens is 274 g/mol. The molecule has 0 heterocycles. The minimum Gasteiger partial charge on any atom is -0.481 e. The highest BCUT2D eigenvalue weighted by atomic mass is 16.4. The lowest BCUT2D eigenvalue weighted by atomic mass is 9.71. The van der Waals surface area contributed by atoms with E-state index in [0.717, 1.165) is 18.3 Å². The van der Waals surface area contributed by atoms with E-state index in [4.69, 9.17) is 0 Å². The number of carboxylic acids is 1. The second-order valence-corrected chi connectivity index (χ2v) is 8.03. The zero-order chi connectivity index (χ0) is 15.9. The van der Waals surface area contributed by atoms with Gasteiger partial charge in [-0.15, -0.1) is 0 Å². The molecule has 128 valence electrons. The molecule has 0 aromatic heterocycles. The highest BCUT2D eigenvalue weighted by Gasteiger charge is 2.33. The first-order valence-electron chi connectivity index (χ1n) is 9.54. The molecule has 2 N–H and O–H groups in total. The largest absolute Gasteiger partial charge is 0.481 e. The smallest absolute Gasteiger partial charge is 0.307 e. The summed E-state index contributed by atoms with van der Waals surface area (Å²) >= 11 is 0. The van der Waals surface area contributed by atoms with Crippen molar-refractivity contribution < 1.29 is 9.90 Å². The molecule has 3 heteroatoms. The summed E-state index contributed by atoms with van der Waals surface area (Å²) in [5, 5.41) is 13.1. The Morgan fingerprint density at radius 2 is 1.68 bits per heavy atom. The third-order valence-electron chi connectivity index (χ3n) is 5.81. The Morgan fingerprint density at radius 1 is 1.05 bits per heavy atom. The van der Waals surface area contributed by atoms with Crippen LogP contribution in [0, 0.1) is 23.7 Å². The number of aliphatic carboxylic acids is 1. The predicted octanol–water partition coefficient (Wildman–Crippen LogP) is 4.46. The van der Waals surface area contributed by atoms with Gasteiger partial charge in [-0.2, -0.15) is 0 Å². The van der Waals surface area contributed by atoms with Gasteiger partial charge in [-0.1, -0.05) is 58.8 Å². The van der Waals surface area contributed by atoms with E-state index in [9.17, 15) is 9.90 Å². The number of nitrogens with one attached hydrogen (secondary N) is 1. The summed E-state index contributed by atoms with van der Waals surface area (Å²) in [5.41, 5.74) is 0. The molecule has 0 spiro atoms. The number of carbonyl (C=O) groups is 1. The lowest BCUT2D eigenvalue weighted by molar-refractivity contribution is -0.142. The summed E-state index contributed by atoms with van der Waals surface area (Å²) in [6.45, 7) is 4.88. The van der Waals surface area contributed by atoms with Crippen LogP contribution in [0.5, 0.6) is 0 Å². The Kier molecular flexibility index (Phi) is 7.20. The first-order chi connectivity index (χ1) is 10.6. The molecule has 0 aliphatic heterocycles. The fraction of sp³-hybridized carbons (Fsp3) is 0.947. The number of rotatable bonds is 7. The van der Waals surface area contributed by atoms with Crippen molar-refractivity contribution in [3.05, 3.63) is 0 Å². The van der Waals surface area contributed by atoms with Gasteiger partial charge in [-0.3, -0.25) is 4.79 Å². The van der Waals surface area contributed by atoms with Gasteiger partial charge in [0.1, 0.15) is 0 Å². The molecule has 2 aliphatic carbocycles.